The fourth-order valence-electron chi connectivity index (χ4n) is 3.71. The summed E-state index contributed by atoms with van der Waals surface area (Å²) in [4.78, 5) is 32.5. The molecule has 31 heavy (non-hydrogen) atoms. The number of Topliss-reactive ketones (excluding diaryl/α,β-unsaturated/α-hetero) is 1. The van der Waals surface area contributed by atoms with Crippen LogP contribution < -0.4 is 0 Å². The molecule has 7 heteroatoms. The Morgan fingerprint density at radius 3 is 2.77 bits per heavy atom. The summed E-state index contributed by atoms with van der Waals surface area (Å²) in [5, 5.41) is 1.85. The van der Waals surface area contributed by atoms with Gasteiger partial charge >= 0.3 is 0 Å². The number of pyridine rings is 3. The summed E-state index contributed by atoms with van der Waals surface area (Å²) in [6.07, 6.45) is 11.6. The van der Waals surface area contributed by atoms with Crippen LogP contribution >= 0.6 is 0 Å². The Hall–Kier alpha value is -3.71. The first-order chi connectivity index (χ1) is 15.2. The Morgan fingerprint density at radius 2 is 1.97 bits per heavy atom. The Balaban J connectivity index is 1.38. The molecular formula is C24H21N5O2. The molecule has 0 fully saturated rings. The van der Waals surface area contributed by atoms with Crippen LogP contribution in [0.4, 0.5) is 0 Å². The lowest BCUT2D eigenvalue weighted by Crippen LogP contribution is -2.23. The summed E-state index contributed by atoms with van der Waals surface area (Å²) in [7, 11) is 2.10. The third-order valence-corrected chi connectivity index (χ3v) is 5.51. The molecule has 4 aromatic heterocycles. The molecule has 0 unspecified atom stereocenters. The molecule has 0 aromatic carbocycles. The van der Waals surface area contributed by atoms with Gasteiger partial charge < -0.3 is 9.32 Å². The summed E-state index contributed by atoms with van der Waals surface area (Å²) >= 11 is 0. The SMILES string of the molecule is CN1CC=C(c2cc(C(=O)Cc3cc4cc(-c5cnco5)ncc4cn3)ccn2)CC1. The van der Waals surface area contributed by atoms with Crippen molar-refractivity contribution in [3.05, 3.63) is 78.5 Å². The zero-order valence-electron chi connectivity index (χ0n) is 17.2. The summed E-state index contributed by atoms with van der Waals surface area (Å²) in [5.41, 5.74) is 4.14. The maximum Gasteiger partial charge on any atom is 0.181 e. The van der Waals surface area contributed by atoms with Gasteiger partial charge in [0.15, 0.2) is 17.9 Å². The number of ketones is 1. The number of carbonyl (C=O) groups excluding carboxylic acids is 1. The van der Waals surface area contributed by atoms with Gasteiger partial charge in [-0.25, -0.2) is 4.98 Å². The molecule has 1 aliphatic rings. The maximum absolute atomic E-state index is 13.0. The van der Waals surface area contributed by atoms with Crippen molar-refractivity contribution in [2.45, 2.75) is 12.8 Å². The van der Waals surface area contributed by atoms with Crippen LogP contribution in [0.2, 0.25) is 0 Å². The minimum Gasteiger partial charge on any atom is -0.442 e. The fourth-order valence-corrected chi connectivity index (χ4v) is 3.71. The van der Waals surface area contributed by atoms with Crippen LogP contribution in [0.1, 0.15) is 28.2 Å². The zero-order chi connectivity index (χ0) is 21.2. The van der Waals surface area contributed by atoms with E-state index in [1.54, 1.807) is 30.9 Å². The number of rotatable bonds is 5. The van der Waals surface area contributed by atoms with Gasteiger partial charge in [-0.3, -0.25) is 19.7 Å². The summed E-state index contributed by atoms with van der Waals surface area (Å²) in [6.45, 7) is 1.90. The average molecular weight is 411 g/mol. The number of fused-ring (bicyclic) bond motifs is 1. The van der Waals surface area contributed by atoms with Gasteiger partial charge in [0.25, 0.3) is 0 Å². The molecule has 0 saturated heterocycles. The van der Waals surface area contributed by atoms with Crippen molar-refractivity contribution in [2.24, 2.45) is 0 Å². The van der Waals surface area contributed by atoms with E-state index in [0.717, 1.165) is 36.0 Å². The second-order valence-corrected chi connectivity index (χ2v) is 7.73. The number of oxazole rings is 1. The van der Waals surface area contributed by atoms with Crippen molar-refractivity contribution in [3.63, 3.8) is 0 Å². The standard InChI is InChI=1S/C24H21N5O2/c1-29-6-3-16(4-7-29)21-9-17(2-5-26-21)23(30)11-20-8-18-10-22(24-14-25-15-31-24)28-13-19(18)12-27-20/h2-3,5,8-10,12-15H,4,6-7,11H2,1H3. The van der Waals surface area contributed by atoms with Gasteiger partial charge in [0.2, 0.25) is 0 Å². The molecule has 0 aliphatic carbocycles. The number of carbonyl (C=O) groups is 1. The van der Waals surface area contributed by atoms with Crippen LogP contribution in [0.15, 0.2) is 65.9 Å². The molecule has 0 N–H and O–H groups in total. The lowest BCUT2D eigenvalue weighted by atomic mass is 10.0. The minimum absolute atomic E-state index is 0.0218. The van der Waals surface area contributed by atoms with Gasteiger partial charge in [0.1, 0.15) is 5.69 Å². The highest BCUT2D eigenvalue weighted by molar-refractivity contribution is 5.98. The Kier molecular flexibility index (Phi) is 5.09. The fraction of sp³-hybridized carbons (Fsp3) is 0.208. The Labute approximate surface area is 179 Å². The normalized spacial score (nSPS) is 14.5. The van der Waals surface area contributed by atoms with Gasteiger partial charge in [-0.2, -0.15) is 0 Å². The molecule has 0 radical (unpaired) electrons. The van der Waals surface area contributed by atoms with Gasteiger partial charge in [-0.05, 0) is 48.7 Å². The van der Waals surface area contributed by atoms with Crippen molar-refractivity contribution >= 4 is 22.1 Å². The van der Waals surface area contributed by atoms with Crippen LogP contribution in [-0.4, -0.2) is 50.8 Å². The van der Waals surface area contributed by atoms with E-state index in [0.29, 0.717) is 22.7 Å². The molecule has 0 bridgehead atoms. The first-order valence-electron chi connectivity index (χ1n) is 10.2. The van der Waals surface area contributed by atoms with E-state index < -0.39 is 0 Å². The van der Waals surface area contributed by atoms with E-state index in [9.17, 15) is 4.79 Å². The number of hydrogen-bond donors (Lipinski definition) is 0. The highest BCUT2D eigenvalue weighted by atomic mass is 16.3. The van der Waals surface area contributed by atoms with E-state index in [1.165, 1.54) is 12.0 Å². The lowest BCUT2D eigenvalue weighted by Gasteiger charge is -2.21. The second kappa shape index (κ2) is 8.20. The molecule has 0 atom stereocenters. The third kappa shape index (κ3) is 4.13. The van der Waals surface area contributed by atoms with Crippen LogP contribution in [0.3, 0.4) is 0 Å². The van der Waals surface area contributed by atoms with E-state index in [-0.39, 0.29) is 12.2 Å². The predicted octanol–water partition coefficient (Wildman–Crippen LogP) is 3.82. The predicted molar refractivity (Wildman–Crippen MR) is 117 cm³/mol. The summed E-state index contributed by atoms with van der Waals surface area (Å²) in [6, 6.07) is 7.51. The third-order valence-electron chi connectivity index (χ3n) is 5.51. The molecule has 0 saturated carbocycles. The molecule has 0 amide bonds. The van der Waals surface area contributed by atoms with Gasteiger partial charge in [0, 0.05) is 48.3 Å². The number of nitrogens with zero attached hydrogens (tertiary/aromatic N) is 5. The van der Waals surface area contributed by atoms with Crippen molar-refractivity contribution in [1.29, 1.82) is 0 Å². The lowest BCUT2D eigenvalue weighted by molar-refractivity contribution is 0.0992. The van der Waals surface area contributed by atoms with Crippen molar-refractivity contribution in [2.75, 3.05) is 20.1 Å². The van der Waals surface area contributed by atoms with E-state index in [1.807, 2.05) is 18.2 Å². The first kappa shape index (κ1) is 19.3. The molecule has 5 rings (SSSR count). The molecule has 5 heterocycles. The molecule has 7 nitrogen and oxygen atoms in total. The monoisotopic (exact) mass is 411 g/mol. The van der Waals surface area contributed by atoms with Crippen molar-refractivity contribution in [1.82, 2.24) is 24.8 Å². The summed E-state index contributed by atoms with van der Waals surface area (Å²) < 4.78 is 5.33. The molecule has 1 aliphatic heterocycles. The molecular weight excluding hydrogens is 390 g/mol. The zero-order valence-corrected chi connectivity index (χ0v) is 17.2. The molecule has 154 valence electrons. The topological polar surface area (TPSA) is 85.0 Å². The Bertz CT molecular complexity index is 1280. The van der Waals surface area contributed by atoms with Crippen molar-refractivity contribution in [3.8, 4) is 11.5 Å². The minimum atomic E-state index is 0.0218. The van der Waals surface area contributed by atoms with Gasteiger partial charge in [-0.15, -0.1) is 0 Å². The first-order valence-corrected chi connectivity index (χ1v) is 10.2. The van der Waals surface area contributed by atoms with Crippen LogP contribution in [0, 0.1) is 0 Å². The smallest absolute Gasteiger partial charge is 0.181 e. The van der Waals surface area contributed by atoms with Crippen LogP contribution in [-0.2, 0) is 6.42 Å². The quantitative estimate of drug-likeness (QED) is 0.462. The molecule has 4 aromatic rings. The van der Waals surface area contributed by atoms with Crippen LogP contribution in [0.5, 0.6) is 0 Å². The highest BCUT2D eigenvalue weighted by Gasteiger charge is 2.14. The second-order valence-electron chi connectivity index (χ2n) is 7.73. The average Bonchev–Trinajstić information content (AvgIpc) is 3.34. The van der Waals surface area contributed by atoms with Gasteiger partial charge in [-0.1, -0.05) is 6.08 Å². The largest absolute Gasteiger partial charge is 0.442 e. The maximum atomic E-state index is 13.0. The van der Waals surface area contributed by atoms with E-state index in [4.69, 9.17) is 4.42 Å². The number of hydrogen-bond acceptors (Lipinski definition) is 7. The molecule has 0 spiro atoms. The Morgan fingerprint density at radius 1 is 1.06 bits per heavy atom. The van der Waals surface area contributed by atoms with Crippen molar-refractivity contribution < 1.29 is 9.21 Å². The van der Waals surface area contributed by atoms with Crippen LogP contribution in [0.25, 0.3) is 27.8 Å². The highest BCUT2D eigenvalue weighted by Crippen LogP contribution is 2.23. The summed E-state index contributed by atoms with van der Waals surface area (Å²) in [5.74, 6) is 0.623. The van der Waals surface area contributed by atoms with E-state index >= 15 is 0 Å². The number of aromatic nitrogens is 4. The number of likely N-dealkylation sites (N-methyl/N-ethyl adjacent to an activating group) is 1. The van der Waals surface area contributed by atoms with Gasteiger partial charge in [0.05, 0.1) is 18.3 Å². The van der Waals surface area contributed by atoms with E-state index in [2.05, 4.69) is 38.0 Å².